The number of aliphatic hydroxyl groups excluding tert-OH is 1. The molecule has 2 rings (SSSR count). The summed E-state index contributed by atoms with van der Waals surface area (Å²) in [5.74, 6) is -3.64. The van der Waals surface area contributed by atoms with Crippen LogP contribution in [0.3, 0.4) is 0 Å². The van der Waals surface area contributed by atoms with Gasteiger partial charge in [-0.2, -0.15) is 5.12 Å². The summed E-state index contributed by atoms with van der Waals surface area (Å²) in [6.07, 6.45) is -4.11. The van der Waals surface area contributed by atoms with Crippen molar-refractivity contribution in [3.05, 3.63) is 29.8 Å². The van der Waals surface area contributed by atoms with Crippen molar-refractivity contribution in [3.8, 4) is 0 Å². The lowest BCUT2D eigenvalue weighted by atomic mass is 9.88. The summed E-state index contributed by atoms with van der Waals surface area (Å²) in [6.45, 7) is 0. The zero-order valence-corrected chi connectivity index (χ0v) is 10.6. The van der Waals surface area contributed by atoms with Crippen molar-refractivity contribution in [2.45, 2.75) is 37.3 Å². The highest BCUT2D eigenvalue weighted by Crippen LogP contribution is 2.40. The minimum absolute atomic E-state index is 0.00000215. The summed E-state index contributed by atoms with van der Waals surface area (Å²) >= 11 is 0. The SMILES string of the molecule is NC(=O)c1cccc(N(F)C2(F)CCC(O)CC2F)c1. The van der Waals surface area contributed by atoms with E-state index in [1.165, 1.54) is 18.2 Å². The van der Waals surface area contributed by atoms with Crippen molar-refractivity contribution >= 4 is 11.6 Å². The summed E-state index contributed by atoms with van der Waals surface area (Å²) in [5, 5.41) is 8.95. The fourth-order valence-electron chi connectivity index (χ4n) is 2.28. The van der Waals surface area contributed by atoms with Crippen LogP contribution in [0.1, 0.15) is 29.6 Å². The van der Waals surface area contributed by atoms with E-state index in [0.717, 1.165) is 6.07 Å². The lowest BCUT2D eigenvalue weighted by Crippen LogP contribution is -2.52. The monoisotopic (exact) mass is 288 g/mol. The van der Waals surface area contributed by atoms with Gasteiger partial charge in [-0.3, -0.25) is 4.79 Å². The standard InChI is InChI=1S/C13H15F3N2O2/c14-11-7-10(19)4-5-13(11,15)18(16)9-3-1-2-8(6-9)12(17)20/h1-3,6,10-11,19H,4-5,7H2,(H2,17,20). The van der Waals surface area contributed by atoms with Crippen LogP contribution in [0.5, 0.6) is 0 Å². The van der Waals surface area contributed by atoms with Gasteiger partial charge in [-0.1, -0.05) is 10.5 Å². The molecule has 4 nitrogen and oxygen atoms in total. The normalized spacial score (nSPS) is 30.0. The van der Waals surface area contributed by atoms with Gasteiger partial charge in [0.15, 0.2) is 6.17 Å². The number of carbonyl (C=O) groups excluding carboxylic acids is 1. The lowest BCUT2D eigenvalue weighted by molar-refractivity contribution is -0.0600. The van der Waals surface area contributed by atoms with E-state index in [-0.39, 0.29) is 22.8 Å². The molecule has 3 unspecified atom stereocenters. The molecule has 0 bridgehead atoms. The van der Waals surface area contributed by atoms with Crippen LogP contribution in [0.4, 0.5) is 18.9 Å². The summed E-state index contributed by atoms with van der Waals surface area (Å²) in [7, 11) is 0. The van der Waals surface area contributed by atoms with Crippen LogP contribution in [0, 0.1) is 0 Å². The third-order valence-electron chi connectivity index (χ3n) is 3.47. The van der Waals surface area contributed by atoms with Crippen LogP contribution in [-0.2, 0) is 0 Å². The molecule has 1 fully saturated rings. The van der Waals surface area contributed by atoms with E-state index in [4.69, 9.17) is 5.73 Å². The van der Waals surface area contributed by atoms with Crippen molar-refractivity contribution in [1.29, 1.82) is 0 Å². The van der Waals surface area contributed by atoms with Crippen LogP contribution in [0.15, 0.2) is 24.3 Å². The number of amides is 1. The van der Waals surface area contributed by atoms with E-state index < -0.39 is 36.8 Å². The van der Waals surface area contributed by atoms with Crippen LogP contribution < -0.4 is 10.9 Å². The van der Waals surface area contributed by atoms with E-state index in [9.17, 15) is 23.2 Å². The summed E-state index contributed by atoms with van der Waals surface area (Å²) < 4.78 is 42.5. The first kappa shape index (κ1) is 14.6. The van der Waals surface area contributed by atoms with Crippen LogP contribution in [0.2, 0.25) is 0 Å². The Hall–Kier alpha value is -1.76. The molecule has 1 aliphatic carbocycles. The molecule has 3 N–H and O–H groups in total. The molecule has 0 saturated heterocycles. The summed E-state index contributed by atoms with van der Waals surface area (Å²) in [5.41, 5.74) is 4.77. The number of alkyl halides is 2. The Kier molecular flexibility index (Phi) is 3.89. The fraction of sp³-hybridized carbons (Fsp3) is 0.462. The number of halogens is 3. The van der Waals surface area contributed by atoms with Gasteiger partial charge in [0.25, 0.3) is 0 Å². The maximum Gasteiger partial charge on any atom is 0.248 e. The Morgan fingerprint density at radius 2 is 2.20 bits per heavy atom. The van der Waals surface area contributed by atoms with Gasteiger partial charge < -0.3 is 10.8 Å². The maximum atomic E-state index is 14.5. The Morgan fingerprint density at radius 1 is 1.50 bits per heavy atom. The second kappa shape index (κ2) is 5.32. The molecule has 110 valence electrons. The number of anilines is 1. The number of carbonyl (C=O) groups is 1. The van der Waals surface area contributed by atoms with Crippen molar-refractivity contribution in [1.82, 2.24) is 0 Å². The van der Waals surface area contributed by atoms with E-state index in [1.54, 1.807) is 0 Å². The van der Waals surface area contributed by atoms with E-state index in [2.05, 4.69) is 0 Å². The number of aliphatic hydroxyl groups is 1. The average molecular weight is 288 g/mol. The molecular formula is C13H15F3N2O2. The number of hydrogen-bond donors (Lipinski definition) is 2. The maximum absolute atomic E-state index is 14.5. The number of nitrogens with two attached hydrogens (primary N) is 1. The predicted molar refractivity (Wildman–Crippen MR) is 67.1 cm³/mol. The van der Waals surface area contributed by atoms with Crippen molar-refractivity contribution in [2.24, 2.45) is 5.73 Å². The fourth-order valence-corrected chi connectivity index (χ4v) is 2.28. The lowest BCUT2D eigenvalue weighted by Gasteiger charge is -2.39. The Labute approximate surface area is 113 Å². The van der Waals surface area contributed by atoms with Crippen LogP contribution >= 0.6 is 0 Å². The van der Waals surface area contributed by atoms with E-state index in [1.807, 2.05) is 0 Å². The van der Waals surface area contributed by atoms with Gasteiger partial charge in [0.05, 0.1) is 11.8 Å². The van der Waals surface area contributed by atoms with Crippen molar-refractivity contribution in [3.63, 3.8) is 0 Å². The molecular weight excluding hydrogens is 273 g/mol. The van der Waals surface area contributed by atoms with Crippen molar-refractivity contribution < 1.29 is 23.2 Å². The second-order valence-corrected chi connectivity index (χ2v) is 4.91. The van der Waals surface area contributed by atoms with E-state index in [0.29, 0.717) is 0 Å². The molecule has 0 spiro atoms. The molecule has 20 heavy (non-hydrogen) atoms. The van der Waals surface area contributed by atoms with E-state index >= 15 is 0 Å². The molecule has 7 heteroatoms. The molecule has 1 aromatic carbocycles. The first-order valence-electron chi connectivity index (χ1n) is 6.21. The van der Waals surface area contributed by atoms with Crippen LogP contribution in [-0.4, -0.2) is 29.1 Å². The number of nitrogens with zero attached hydrogens (tertiary/aromatic N) is 1. The van der Waals surface area contributed by atoms with Gasteiger partial charge in [0.2, 0.25) is 11.7 Å². The molecule has 1 amide bonds. The third-order valence-corrected chi connectivity index (χ3v) is 3.47. The Morgan fingerprint density at radius 3 is 2.80 bits per heavy atom. The van der Waals surface area contributed by atoms with Gasteiger partial charge in [-0.05, 0) is 24.6 Å². The number of hydrogen-bond acceptors (Lipinski definition) is 3. The molecule has 0 aliphatic heterocycles. The largest absolute Gasteiger partial charge is 0.393 e. The zero-order valence-electron chi connectivity index (χ0n) is 10.6. The quantitative estimate of drug-likeness (QED) is 0.660. The minimum Gasteiger partial charge on any atom is -0.393 e. The highest BCUT2D eigenvalue weighted by atomic mass is 19.2. The molecule has 1 aromatic rings. The van der Waals surface area contributed by atoms with Crippen molar-refractivity contribution in [2.75, 3.05) is 5.12 Å². The second-order valence-electron chi connectivity index (χ2n) is 4.91. The number of benzene rings is 1. The predicted octanol–water partition coefficient (Wildman–Crippen LogP) is 2.03. The Balaban J connectivity index is 2.28. The smallest absolute Gasteiger partial charge is 0.248 e. The van der Waals surface area contributed by atoms with Gasteiger partial charge >= 0.3 is 0 Å². The molecule has 0 aromatic heterocycles. The topological polar surface area (TPSA) is 66.6 Å². The highest BCUT2D eigenvalue weighted by Gasteiger charge is 2.50. The molecule has 0 heterocycles. The molecule has 1 saturated carbocycles. The summed E-state index contributed by atoms with van der Waals surface area (Å²) in [6, 6.07) is 4.95. The number of rotatable bonds is 3. The number of primary amides is 1. The Bertz CT molecular complexity index is 514. The summed E-state index contributed by atoms with van der Waals surface area (Å²) in [4.78, 5) is 11.0. The highest BCUT2D eigenvalue weighted by molar-refractivity contribution is 5.93. The molecule has 1 aliphatic rings. The van der Waals surface area contributed by atoms with Gasteiger partial charge in [0, 0.05) is 18.4 Å². The minimum atomic E-state index is -2.85. The first-order chi connectivity index (χ1) is 9.34. The van der Waals surface area contributed by atoms with Gasteiger partial charge in [-0.15, -0.1) is 0 Å². The van der Waals surface area contributed by atoms with Gasteiger partial charge in [0.1, 0.15) is 0 Å². The zero-order chi connectivity index (χ0) is 14.9. The average Bonchev–Trinajstić information content (AvgIpc) is 2.42. The molecule has 3 atom stereocenters. The van der Waals surface area contributed by atoms with Gasteiger partial charge in [-0.25, -0.2) is 8.78 Å². The van der Waals surface area contributed by atoms with Crippen LogP contribution in [0.25, 0.3) is 0 Å². The first-order valence-corrected chi connectivity index (χ1v) is 6.21. The third kappa shape index (κ3) is 2.58. The molecule has 0 radical (unpaired) electrons.